The summed E-state index contributed by atoms with van der Waals surface area (Å²) in [7, 11) is 1.68. The molecule has 0 fully saturated rings. The predicted molar refractivity (Wildman–Crippen MR) is 124 cm³/mol. The molecule has 0 aliphatic heterocycles. The van der Waals surface area contributed by atoms with E-state index in [2.05, 4.69) is 41.3 Å². The zero-order valence-electron chi connectivity index (χ0n) is 17.6. The first-order valence-electron chi connectivity index (χ1n) is 10.0. The van der Waals surface area contributed by atoms with Gasteiger partial charge in [0, 0.05) is 26.1 Å². The van der Waals surface area contributed by atoms with E-state index in [1.165, 1.54) is 11.3 Å². The van der Waals surface area contributed by atoms with E-state index >= 15 is 0 Å². The summed E-state index contributed by atoms with van der Waals surface area (Å²) >= 11 is 7.43. The van der Waals surface area contributed by atoms with Crippen LogP contribution in [0.5, 0.6) is 0 Å². The first-order valence-corrected chi connectivity index (χ1v) is 11.2. The van der Waals surface area contributed by atoms with Crippen LogP contribution in [0.4, 0.5) is 5.69 Å². The average Bonchev–Trinajstić information content (AvgIpc) is 3.32. The van der Waals surface area contributed by atoms with Crippen molar-refractivity contribution in [3.63, 3.8) is 0 Å². The van der Waals surface area contributed by atoms with Gasteiger partial charge in [0.25, 0.3) is 0 Å². The molecule has 8 heteroatoms. The SMILES string of the molecule is CCNc1cc(C#Cc2ccc(Cl)s2)nc2c1ncn2CCC(C(=O)NC)C(C)C. The molecule has 2 N–H and O–H groups in total. The van der Waals surface area contributed by atoms with E-state index in [1.807, 2.05) is 29.7 Å². The molecule has 0 radical (unpaired) electrons. The zero-order valence-corrected chi connectivity index (χ0v) is 19.2. The lowest BCUT2D eigenvalue weighted by Crippen LogP contribution is -2.31. The third kappa shape index (κ3) is 5.13. The minimum atomic E-state index is -0.0627. The second-order valence-electron chi connectivity index (χ2n) is 7.30. The Morgan fingerprint density at radius 2 is 2.13 bits per heavy atom. The molecule has 30 heavy (non-hydrogen) atoms. The van der Waals surface area contributed by atoms with Crippen LogP contribution >= 0.6 is 22.9 Å². The molecular weight excluding hydrogens is 418 g/mol. The standard InChI is InChI=1S/C22H26ClN5OS/c1-5-25-18-12-15(6-7-16-8-9-19(23)30-16)27-21-20(18)26-13-28(21)11-10-17(14(2)3)22(29)24-4/h8-9,12-14,17H,5,10-11H2,1-4H3,(H,24,29)(H,25,27). The highest BCUT2D eigenvalue weighted by Crippen LogP contribution is 2.24. The molecule has 0 bridgehead atoms. The van der Waals surface area contributed by atoms with Gasteiger partial charge in [-0.1, -0.05) is 25.4 Å². The van der Waals surface area contributed by atoms with Crippen molar-refractivity contribution in [3.8, 4) is 11.8 Å². The van der Waals surface area contributed by atoms with Crippen LogP contribution in [0.15, 0.2) is 24.5 Å². The fourth-order valence-corrected chi connectivity index (χ4v) is 4.22. The number of amides is 1. The molecule has 0 aliphatic carbocycles. The fourth-order valence-electron chi connectivity index (χ4n) is 3.33. The van der Waals surface area contributed by atoms with Crippen molar-refractivity contribution >= 4 is 45.7 Å². The Kier molecular flexibility index (Phi) is 7.35. The molecule has 1 atom stereocenters. The molecule has 3 heterocycles. The van der Waals surface area contributed by atoms with Crippen LogP contribution in [0.1, 0.15) is 37.8 Å². The van der Waals surface area contributed by atoms with Crippen LogP contribution in [0.25, 0.3) is 11.2 Å². The highest BCUT2D eigenvalue weighted by atomic mass is 35.5. The van der Waals surface area contributed by atoms with Crippen molar-refractivity contribution in [2.45, 2.75) is 33.7 Å². The lowest BCUT2D eigenvalue weighted by Gasteiger charge is -2.19. The molecule has 158 valence electrons. The summed E-state index contributed by atoms with van der Waals surface area (Å²) in [6, 6.07) is 5.66. The van der Waals surface area contributed by atoms with E-state index in [-0.39, 0.29) is 17.7 Å². The molecule has 0 aliphatic rings. The zero-order chi connectivity index (χ0) is 21.7. The summed E-state index contributed by atoms with van der Waals surface area (Å²) in [5.74, 6) is 6.52. The number of imidazole rings is 1. The monoisotopic (exact) mass is 443 g/mol. The third-order valence-electron chi connectivity index (χ3n) is 4.90. The highest BCUT2D eigenvalue weighted by Gasteiger charge is 2.21. The minimum absolute atomic E-state index is 0.0627. The van der Waals surface area contributed by atoms with Crippen LogP contribution in [0, 0.1) is 23.7 Å². The Bertz CT molecular complexity index is 1090. The van der Waals surface area contributed by atoms with Crippen LogP contribution in [0.2, 0.25) is 4.34 Å². The Balaban J connectivity index is 1.93. The van der Waals surface area contributed by atoms with Gasteiger partial charge in [-0.3, -0.25) is 4.79 Å². The number of rotatable bonds is 7. The molecule has 3 aromatic rings. The van der Waals surface area contributed by atoms with E-state index in [4.69, 9.17) is 16.6 Å². The number of aromatic nitrogens is 3. The van der Waals surface area contributed by atoms with Gasteiger partial charge in [0.15, 0.2) is 5.65 Å². The molecule has 0 saturated carbocycles. The Morgan fingerprint density at radius 3 is 2.77 bits per heavy atom. The number of nitrogens with zero attached hydrogens (tertiary/aromatic N) is 3. The van der Waals surface area contributed by atoms with Gasteiger partial charge in [0.05, 0.1) is 21.2 Å². The first kappa shape index (κ1) is 22.1. The number of nitrogens with one attached hydrogen (secondary N) is 2. The normalized spacial score (nSPS) is 11.9. The Hall–Kier alpha value is -2.56. The maximum absolute atomic E-state index is 12.2. The number of hydrogen-bond donors (Lipinski definition) is 2. The van der Waals surface area contributed by atoms with Crippen LogP contribution in [-0.2, 0) is 11.3 Å². The first-order chi connectivity index (χ1) is 14.4. The van der Waals surface area contributed by atoms with Crippen molar-refractivity contribution in [2.24, 2.45) is 11.8 Å². The summed E-state index contributed by atoms with van der Waals surface area (Å²) < 4.78 is 2.71. The topological polar surface area (TPSA) is 71.8 Å². The average molecular weight is 444 g/mol. The van der Waals surface area contributed by atoms with Crippen LogP contribution < -0.4 is 10.6 Å². The van der Waals surface area contributed by atoms with Gasteiger partial charge in [-0.15, -0.1) is 11.3 Å². The minimum Gasteiger partial charge on any atom is -0.383 e. The molecular formula is C22H26ClN5OS. The highest BCUT2D eigenvalue weighted by molar-refractivity contribution is 7.16. The molecule has 0 spiro atoms. The summed E-state index contributed by atoms with van der Waals surface area (Å²) in [6.07, 6.45) is 2.50. The van der Waals surface area contributed by atoms with Crippen molar-refractivity contribution in [1.29, 1.82) is 0 Å². The fraction of sp³-hybridized carbons (Fsp3) is 0.409. The number of thiophene rings is 1. The van der Waals surface area contributed by atoms with Crippen molar-refractivity contribution in [2.75, 3.05) is 18.9 Å². The lowest BCUT2D eigenvalue weighted by molar-refractivity contribution is -0.126. The number of anilines is 1. The molecule has 1 amide bonds. The van der Waals surface area contributed by atoms with Crippen LogP contribution in [0.3, 0.4) is 0 Å². The largest absolute Gasteiger partial charge is 0.383 e. The van der Waals surface area contributed by atoms with Gasteiger partial charge in [-0.2, -0.15) is 0 Å². The van der Waals surface area contributed by atoms with Gasteiger partial charge >= 0.3 is 0 Å². The van der Waals surface area contributed by atoms with Gasteiger partial charge in [-0.25, -0.2) is 9.97 Å². The lowest BCUT2D eigenvalue weighted by atomic mass is 9.91. The summed E-state index contributed by atoms with van der Waals surface area (Å²) in [5.41, 5.74) is 3.14. The second-order valence-corrected chi connectivity index (χ2v) is 9.02. The van der Waals surface area contributed by atoms with Crippen molar-refractivity contribution in [1.82, 2.24) is 19.9 Å². The van der Waals surface area contributed by atoms with Gasteiger partial charge in [0.2, 0.25) is 5.91 Å². The quantitative estimate of drug-likeness (QED) is 0.531. The number of carbonyl (C=O) groups excluding carboxylic acids is 1. The van der Waals surface area contributed by atoms with Crippen molar-refractivity contribution in [3.05, 3.63) is 39.4 Å². The molecule has 0 saturated heterocycles. The van der Waals surface area contributed by atoms with Gasteiger partial charge in [0.1, 0.15) is 11.2 Å². The van der Waals surface area contributed by atoms with E-state index in [1.54, 1.807) is 13.4 Å². The smallest absolute Gasteiger partial charge is 0.223 e. The van der Waals surface area contributed by atoms with Crippen molar-refractivity contribution < 1.29 is 4.79 Å². The summed E-state index contributed by atoms with van der Waals surface area (Å²) in [5, 5.41) is 6.12. The van der Waals surface area contributed by atoms with E-state index in [0.29, 0.717) is 23.0 Å². The number of pyridine rings is 1. The number of aryl methyl sites for hydroxylation is 1. The third-order valence-corrected chi connectivity index (χ3v) is 6.04. The second kappa shape index (κ2) is 9.96. The maximum atomic E-state index is 12.2. The molecule has 0 aromatic carbocycles. The molecule has 3 rings (SSSR count). The number of hydrogen-bond acceptors (Lipinski definition) is 5. The Labute approximate surface area is 186 Å². The summed E-state index contributed by atoms with van der Waals surface area (Å²) in [4.78, 5) is 22.4. The Morgan fingerprint density at radius 1 is 1.33 bits per heavy atom. The van der Waals surface area contributed by atoms with E-state index < -0.39 is 0 Å². The molecule has 6 nitrogen and oxygen atoms in total. The van der Waals surface area contributed by atoms with Crippen LogP contribution in [-0.4, -0.2) is 34.0 Å². The maximum Gasteiger partial charge on any atom is 0.223 e. The van der Waals surface area contributed by atoms with E-state index in [9.17, 15) is 4.79 Å². The molecule has 3 aromatic heterocycles. The molecule has 1 unspecified atom stereocenters. The summed E-state index contributed by atoms with van der Waals surface area (Å²) in [6.45, 7) is 7.60. The number of carbonyl (C=O) groups is 1. The number of fused-ring (bicyclic) bond motifs is 1. The van der Waals surface area contributed by atoms with E-state index in [0.717, 1.165) is 28.3 Å². The number of halogens is 1. The predicted octanol–water partition coefficient (Wildman–Crippen LogP) is 4.39. The van der Waals surface area contributed by atoms with Gasteiger partial charge in [-0.05, 0) is 49.3 Å². The van der Waals surface area contributed by atoms with Gasteiger partial charge < -0.3 is 15.2 Å².